The van der Waals surface area contributed by atoms with Gasteiger partial charge in [0, 0.05) is 0 Å². The molecule has 0 amide bonds. The summed E-state index contributed by atoms with van der Waals surface area (Å²) in [5.41, 5.74) is 0. The largest absolute Gasteiger partial charge is 0.295 e. The van der Waals surface area contributed by atoms with Crippen LogP contribution in [-0.2, 0) is 19.4 Å². The van der Waals surface area contributed by atoms with E-state index in [0.717, 1.165) is 6.08 Å². The van der Waals surface area contributed by atoms with Gasteiger partial charge in [0.05, 0.1) is 17.9 Å². The Bertz CT molecular complexity index is 767. The Hall–Kier alpha value is -1.79. The Labute approximate surface area is 138 Å². The van der Waals surface area contributed by atoms with E-state index in [-0.39, 0.29) is 21.4 Å². The Kier molecular flexibility index (Phi) is 6.02. The maximum atomic E-state index is 13.0. The first-order valence-corrected chi connectivity index (χ1v) is 12.2. The molecule has 0 spiro atoms. The van der Waals surface area contributed by atoms with Crippen LogP contribution in [0.25, 0.3) is 0 Å². The van der Waals surface area contributed by atoms with Crippen LogP contribution >= 0.6 is 0 Å². The monoisotopic (exact) mass is 350 g/mol. The summed E-state index contributed by atoms with van der Waals surface area (Å²) in [5, 5.41) is 0.462. The van der Waals surface area contributed by atoms with E-state index in [2.05, 4.69) is 0 Å². The lowest BCUT2D eigenvalue weighted by Gasteiger charge is -2.23. The molecule has 1 aromatic carbocycles. The van der Waals surface area contributed by atoms with E-state index >= 15 is 0 Å². The van der Waals surface area contributed by atoms with Crippen molar-refractivity contribution in [2.45, 2.75) is 38.4 Å². The fourth-order valence-corrected chi connectivity index (χ4v) is 6.28. The number of hydrogen-bond acceptors (Lipinski definition) is 4. The van der Waals surface area contributed by atoms with Gasteiger partial charge in [0.15, 0.2) is 11.6 Å². The molecule has 4 nitrogen and oxygen atoms in total. The molecule has 0 fully saturated rings. The third-order valence-corrected chi connectivity index (χ3v) is 7.12. The second-order valence-corrected chi connectivity index (χ2v) is 13.3. The summed E-state index contributed by atoms with van der Waals surface area (Å²) in [6.07, 6.45) is 2.47. The Morgan fingerprint density at radius 1 is 0.913 bits per heavy atom. The van der Waals surface area contributed by atoms with Gasteiger partial charge in [0.25, 0.3) is 0 Å². The lowest BCUT2D eigenvalue weighted by molar-refractivity contribution is -0.113. The van der Waals surface area contributed by atoms with Crippen LogP contribution in [0.3, 0.4) is 0 Å². The van der Waals surface area contributed by atoms with Gasteiger partial charge in [-0.2, -0.15) is 0 Å². The molecular weight excluding hydrogens is 328 g/mol. The zero-order chi connectivity index (χ0) is 17.8. The molecule has 6 heteroatoms. The van der Waals surface area contributed by atoms with Gasteiger partial charge in [0.1, 0.15) is 0 Å². The van der Waals surface area contributed by atoms with Crippen LogP contribution in [0.2, 0.25) is 19.6 Å². The summed E-state index contributed by atoms with van der Waals surface area (Å²) in [6.45, 7) is 8.50. The summed E-state index contributed by atoms with van der Waals surface area (Å²) < 4.78 is 26.0. The topological polar surface area (TPSA) is 68.3 Å². The fraction of sp³-hybridized carbons (Fsp3) is 0.294. The first-order valence-electron chi connectivity index (χ1n) is 7.22. The second kappa shape index (κ2) is 7.19. The maximum absolute atomic E-state index is 13.0. The number of carbonyl (C=O) groups excluding carboxylic acids is 2. The highest BCUT2D eigenvalue weighted by Crippen LogP contribution is 2.31. The van der Waals surface area contributed by atoms with Crippen LogP contribution < -0.4 is 0 Å². The highest BCUT2D eigenvalue weighted by Gasteiger charge is 2.32. The van der Waals surface area contributed by atoms with Crippen molar-refractivity contribution in [3.63, 3.8) is 0 Å². The minimum absolute atomic E-state index is 0.0643. The van der Waals surface area contributed by atoms with Crippen LogP contribution in [0, 0.1) is 0 Å². The highest BCUT2D eigenvalue weighted by atomic mass is 32.2. The smallest absolute Gasteiger partial charge is 0.206 e. The lowest BCUT2D eigenvalue weighted by Crippen LogP contribution is -2.29. The average molecular weight is 351 g/mol. The summed E-state index contributed by atoms with van der Waals surface area (Å²) >= 11 is 0. The van der Waals surface area contributed by atoms with Crippen molar-refractivity contribution in [2.24, 2.45) is 0 Å². The molecule has 1 aromatic rings. The van der Waals surface area contributed by atoms with E-state index in [1.165, 1.54) is 32.1 Å². The highest BCUT2D eigenvalue weighted by molar-refractivity contribution is 7.95. The molecule has 0 aliphatic carbocycles. The molecule has 0 saturated carbocycles. The standard InChI is InChI=1S/C17H22O4SSi/c1-13(18)11-16(17(12-14(2)19)23(3,4)5)22(20,21)15-9-7-6-8-10-15/h6-12H,1-5H3/b16-11-,17-12+. The minimum Gasteiger partial charge on any atom is -0.295 e. The van der Waals surface area contributed by atoms with Crippen LogP contribution in [-0.4, -0.2) is 28.1 Å². The van der Waals surface area contributed by atoms with Gasteiger partial charge in [-0.05, 0) is 43.3 Å². The Morgan fingerprint density at radius 2 is 1.39 bits per heavy atom. The number of sulfone groups is 1. The third-order valence-electron chi connectivity index (χ3n) is 3.10. The fourth-order valence-electron chi connectivity index (χ4n) is 2.07. The first kappa shape index (κ1) is 19.3. The van der Waals surface area contributed by atoms with Gasteiger partial charge in [0.2, 0.25) is 9.84 Å². The van der Waals surface area contributed by atoms with Crippen LogP contribution in [0.1, 0.15) is 13.8 Å². The van der Waals surface area contributed by atoms with E-state index < -0.39 is 17.9 Å². The molecule has 0 radical (unpaired) electrons. The van der Waals surface area contributed by atoms with Crippen LogP contribution in [0.5, 0.6) is 0 Å². The van der Waals surface area contributed by atoms with Crippen molar-refractivity contribution in [3.8, 4) is 0 Å². The zero-order valence-electron chi connectivity index (χ0n) is 14.1. The Balaban J connectivity index is 3.71. The van der Waals surface area contributed by atoms with Crippen LogP contribution in [0.4, 0.5) is 0 Å². The molecule has 0 N–H and O–H groups in total. The predicted molar refractivity (Wildman–Crippen MR) is 94.5 cm³/mol. The average Bonchev–Trinajstić information content (AvgIpc) is 2.42. The molecule has 0 heterocycles. The molecule has 0 unspecified atom stereocenters. The van der Waals surface area contributed by atoms with Crippen molar-refractivity contribution >= 4 is 29.5 Å². The number of benzene rings is 1. The van der Waals surface area contributed by atoms with Crippen molar-refractivity contribution in [1.29, 1.82) is 0 Å². The second-order valence-electron chi connectivity index (χ2n) is 6.35. The minimum atomic E-state index is -3.87. The zero-order valence-corrected chi connectivity index (χ0v) is 15.9. The molecule has 0 aliphatic heterocycles. The number of allylic oxidation sites excluding steroid dienone is 3. The predicted octanol–water partition coefficient (Wildman–Crippen LogP) is 3.33. The number of hydrogen-bond donors (Lipinski definition) is 0. The molecule has 0 saturated heterocycles. The summed E-state index contributed by atoms with van der Waals surface area (Å²) in [4.78, 5) is 23.3. The van der Waals surface area contributed by atoms with E-state index in [0.29, 0.717) is 5.20 Å². The maximum Gasteiger partial charge on any atom is 0.206 e. The molecule has 0 bridgehead atoms. The van der Waals surface area contributed by atoms with Crippen LogP contribution in [0.15, 0.2) is 57.5 Å². The molecule has 0 atom stereocenters. The molecule has 124 valence electrons. The van der Waals surface area contributed by atoms with Gasteiger partial charge >= 0.3 is 0 Å². The van der Waals surface area contributed by atoms with Crippen molar-refractivity contribution < 1.29 is 18.0 Å². The van der Waals surface area contributed by atoms with Crippen molar-refractivity contribution in [3.05, 3.63) is 52.6 Å². The quantitative estimate of drug-likeness (QED) is 0.448. The summed E-state index contributed by atoms with van der Waals surface area (Å²) in [6, 6.07) is 7.94. The number of ketones is 2. The lowest BCUT2D eigenvalue weighted by atomic mass is 10.3. The molecular formula is C17H22O4SSi. The van der Waals surface area contributed by atoms with Crippen molar-refractivity contribution in [2.75, 3.05) is 0 Å². The van der Waals surface area contributed by atoms with Gasteiger partial charge < -0.3 is 0 Å². The third kappa shape index (κ3) is 5.11. The SMILES string of the molecule is CC(=O)/C=C(/C(=C\C(C)=O)[Si](C)(C)C)S(=O)(=O)c1ccccc1. The van der Waals surface area contributed by atoms with Gasteiger partial charge in [-0.1, -0.05) is 37.8 Å². The molecule has 0 aliphatic rings. The summed E-state index contributed by atoms with van der Waals surface area (Å²) in [7, 11) is -6.05. The molecule has 23 heavy (non-hydrogen) atoms. The molecule has 0 aromatic heterocycles. The van der Waals surface area contributed by atoms with Gasteiger partial charge in [-0.15, -0.1) is 0 Å². The first-order chi connectivity index (χ1) is 10.5. The number of carbonyl (C=O) groups is 2. The van der Waals surface area contributed by atoms with E-state index in [9.17, 15) is 18.0 Å². The van der Waals surface area contributed by atoms with E-state index in [1.807, 2.05) is 19.6 Å². The normalized spacial score (nSPS) is 13.8. The number of rotatable bonds is 6. The molecule has 1 rings (SSSR count). The van der Waals surface area contributed by atoms with Gasteiger partial charge in [-0.25, -0.2) is 8.42 Å². The Morgan fingerprint density at radius 3 is 1.78 bits per heavy atom. The van der Waals surface area contributed by atoms with E-state index in [1.54, 1.807) is 18.2 Å². The van der Waals surface area contributed by atoms with E-state index in [4.69, 9.17) is 0 Å². The van der Waals surface area contributed by atoms with Crippen molar-refractivity contribution in [1.82, 2.24) is 0 Å². The summed E-state index contributed by atoms with van der Waals surface area (Å²) in [5.74, 6) is -0.604. The van der Waals surface area contributed by atoms with Gasteiger partial charge in [-0.3, -0.25) is 9.59 Å².